The van der Waals surface area contributed by atoms with Crippen LogP contribution in [0.15, 0.2) is 119 Å². The molecular weight excluding hydrogens is 586 g/mol. The lowest BCUT2D eigenvalue weighted by Crippen LogP contribution is -2.21. The zero-order valence-electron chi connectivity index (χ0n) is 23.1. The van der Waals surface area contributed by atoms with E-state index >= 15 is 0 Å². The molecule has 218 valence electrons. The Kier molecular flexibility index (Phi) is 9.19. The van der Waals surface area contributed by atoms with Crippen molar-refractivity contribution in [3.05, 3.63) is 125 Å². The molecule has 9 nitrogen and oxygen atoms in total. The van der Waals surface area contributed by atoms with Crippen LogP contribution in [0.2, 0.25) is 5.02 Å². The molecule has 0 aliphatic rings. The van der Waals surface area contributed by atoms with Crippen LogP contribution in [0.5, 0.6) is 5.75 Å². The van der Waals surface area contributed by atoms with Crippen LogP contribution in [-0.4, -0.2) is 36.9 Å². The van der Waals surface area contributed by atoms with E-state index in [1.54, 1.807) is 16.8 Å². The number of benzene rings is 4. The van der Waals surface area contributed by atoms with Crippen molar-refractivity contribution in [2.75, 3.05) is 11.3 Å². The van der Waals surface area contributed by atoms with Gasteiger partial charge in [-0.2, -0.15) is 10.2 Å². The normalized spacial score (nSPS) is 11.4. The van der Waals surface area contributed by atoms with E-state index in [0.717, 1.165) is 23.4 Å². The third-order valence-corrected chi connectivity index (χ3v) is 7.91. The number of anilines is 1. The molecule has 0 fully saturated rings. The highest BCUT2D eigenvalue weighted by atomic mass is 35.5. The molecule has 1 heterocycles. The minimum absolute atomic E-state index is 0.0121. The highest BCUT2D eigenvalue weighted by Crippen LogP contribution is 2.26. The minimum Gasteiger partial charge on any atom is -0.494 e. The smallest absolute Gasteiger partial charge is 0.273 e. The van der Waals surface area contributed by atoms with E-state index in [1.165, 1.54) is 42.6 Å². The van der Waals surface area contributed by atoms with Crippen LogP contribution in [0.3, 0.4) is 0 Å². The van der Waals surface area contributed by atoms with E-state index in [9.17, 15) is 13.2 Å². The number of amides is 1. The van der Waals surface area contributed by atoms with E-state index in [4.69, 9.17) is 21.4 Å². The molecule has 0 bridgehead atoms. The summed E-state index contributed by atoms with van der Waals surface area (Å²) in [4.78, 5) is 13.1. The molecular formula is C32H28ClN5O4S. The van der Waals surface area contributed by atoms with Crippen LogP contribution < -0.4 is 14.9 Å². The van der Waals surface area contributed by atoms with Crippen LogP contribution in [-0.2, 0) is 10.0 Å². The first kappa shape index (κ1) is 29.6. The topological polar surface area (TPSA) is 115 Å². The molecule has 43 heavy (non-hydrogen) atoms. The molecule has 1 aromatic heterocycles. The van der Waals surface area contributed by atoms with Crippen molar-refractivity contribution in [3.63, 3.8) is 0 Å². The van der Waals surface area contributed by atoms with Gasteiger partial charge in [-0.15, -0.1) is 0 Å². The number of carbonyl (C=O) groups is 1. The quantitative estimate of drug-likeness (QED) is 0.130. The second kappa shape index (κ2) is 13.4. The van der Waals surface area contributed by atoms with Crippen molar-refractivity contribution >= 4 is 39.4 Å². The van der Waals surface area contributed by atoms with E-state index in [1.807, 2.05) is 67.7 Å². The Hall–Kier alpha value is -4.93. The number of hydrazone groups is 1. The molecule has 0 unspecified atom stereocenters. The zero-order valence-corrected chi connectivity index (χ0v) is 24.7. The van der Waals surface area contributed by atoms with Gasteiger partial charge < -0.3 is 4.74 Å². The lowest BCUT2D eigenvalue weighted by Gasteiger charge is -2.11. The first-order valence-corrected chi connectivity index (χ1v) is 15.3. The fourth-order valence-electron chi connectivity index (χ4n) is 4.16. The van der Waals surface area contributed by atoms with Crippen LogP contribution in [0.1, 0.15) is 29.3 Å². The number of aromatic nitrogens is 2. The maximum atomic E-state index is 13.1. The molecule has 0 aliphatic heterocycles. The molecule has 1 amide bonds. The first-order valence-electron chi connectivity index (χ1n) is 13.4. The monoisotopic (exact) mass is 613 g/mol. The summed E-state index contributed by atoms with van der Waals surface area (Å²) in [7, 11) is -3.96. The lowest BCUT2D eigenvalue weighted by atomic mass is 10.1. The third kappa shape index (κ3) is 7.29. The summed E-state index contributed by atoms with van der Waals surface area (Å²) in [5.74, 6) is 0.168. The van der Waals surface area contributed by atoms with Gasteiger partial charge in [-0.3, -0.25) is 9.52 Å². The Balaban J connectivity index is 1.38. The molecule has 0 saturated carbocycles. The Morgan fingerprint density at radius 3 is 2.37 bits per heavy atom. The molecule has 4 aromatic carbocycles. The molecule has 0 saturated heterocycles. The average molecular weight is 614 g/mol. The number of halogens is 1. The Labute approximate surface area is 254 Å². The Morgan fingerprint density at radius 1 is 0.953 bits per heavy atom. The fraction of sp³-hybridized carbons (Fsp3) is 0.0938. The summed E-state index contributed by atoms with van der Waals surface area (Å²) >= 11 is 5.89. The molecule has 0 aliphatic carbocycles. The number of sulfonamides is 1. The summed E-state index contributed by atoms with van der Waals surface area (Å²) in [6, 6.07) is 29.2. The molecule has 5 rings (SSSR count). The van der Waals surface area contributed by atoms with Gasteiger partial charge in [-0.1, -0.05) is 48.9 Å². The van der Waals surface area contributed by atoms with Gasteiger partial charge in [0.25, 0.3) is 15.9 Å². The van der Waals surface area contributed by atoms with E-state index in [-0.39, 0.29) is 16.1 Å². The summed E-state index contributed by atoms with van der Waals surface area (Å²) in [6.45, 7) is 2.68. The predicted octanol–water partition coefficient (Wildman–Crippen LogP) is 6.55. The van der Waals surface area contributed by atoms with Crippen molar-refractivity contribution < 1.29 is 17.9 Å². The molecule has 0 spiro atoms. The largest absolute Gasteiger partial charge is 0.494 e. The van der Waals surface area contributed by atoms with Gasteiger partial charge in [0.15, 0.2) is 0 Å². The predicted molar refractivity (Wildman–Crippen MR) is 169 cm³/mol. The number of ether oxygens (including phenoxy) is 1. The summed E-state index contributed by atoms with van der Waals surface area (Å²) in [5, 5.41) is 9.36. The van der Waals surface area contributed by atoms with Crippen molar-refractivity contribution in [1.29, 1.82) is 0 Å². The van der Waals surface area contributed by atoms with E-state index in [0.29, 0.717) is 22.9 Å². The molecule has 5 aromatic rings. The van der Waals surface area contributed by atoms with Crippen molar-refractivity contribution in [1.82, 2.24) is 15.2 Å². The lowest BCUT2D eigenvalue weighted by molar-refractivity contribution is 0.0956. The van der Waals surface area contributed by atoms with Crippen LogP contribution in [0.25, 0.3) is 16.9 Å². The number of hydrogen-bond acceptors (Lipinski definition) is 6. The van der Waals surface area contributed by atoms with Crippen LogP contribution in [0, 0.1) is 0 Å². The third-order valence-electron chi connectivity index (χ3n) is 6.27. The standard InChI is InChI=1S/C32H28ClN5O4S/c1-2-20-42-27-16-12-23(13-17-27)31-24(22-38(36-31)26-8-4-3-5-9-26)21-34-35-32(39)29-10-6-7-11-30(29)37-43(40,41)28-18-14-25(33)15-19-28/h3-19,21-22,37H,2,20H2,1H3,(H,35,39). The number of rotatable bonds is 11. The number of para-hydroxylation sites is 2. The average Bonchev–Trinajstić information content (AvgIpc) is 3.45. The second-order valence-corrected chi connectivity index (χ2v) is 11.5. The van der Waals surface area contributed by atoms with Crippen molar-refractivity contribution in [2.24, 2.45) is 5.10 Å². The molecule has 0 radical (unpaired) electrons. The number of hydrogen-bond donors (Lipinski definition) is 2. The number of nitrogens with zero attached hydrogens (tertiary/aromatic N) is 3. The Bertz CT molecular complexity index is 1840. The number of carbonyl (C=O) groups excluding carboxylic acids is 1. The maximum absolute atomic E-state index is 13.1. The van der Waals surface area contributed by atoms with Gasteiger partial charge in [0, 0.05) is 22.3 Å². The summed E-state index contributed by atoms with van der Waals surface area (Å²) in [5.41, 5.74) is 5.71. The van der Waals surface area contributed by atoms with Gasteiger partial charge in [0.1, 0.15) is 11.4 Å². The highest BCUT2D eigenvalue weighted by molar-refractivity contribution is 7.92. The van der Waals surface area contributed by atoms with Gasteiger partial charge >= 0.3 is 0 Å². The van der Waals surface area contributed by atoms with E-state index < -0.39 is 15.9 Å². The fourth-order valence-corrected chi connectivity index (χ4v) is 5.36. The Morgan fingerprint density at radius 2 is 1.65 bits per heavy atom. The van der Waals surface area contributed by atoms with Gasteiger partial charge in [0.2, 0.25) is 0 Å². The molecule has 0 atom stereocenters. The van der Waals surface area contributed by atoms with Crippen LogP contribution >= 0.6 is 11.6 Å². The zero-order chi connectivity index (χ0) is 30.2. The van der Waals surface area contributed by atoms with Crippen molar-refractivity contribution in [3.8, 4) is 22.7 Å². The minimum atomic E-state index is -3.96. The van der Waals surface area contributed by atoms with Crippen molar-refractivity contribution in [2.45, 2.75) is 18.2 Å². The maximum Gasteiger partial charge on any atom is 0.273 e. The molecule has 2 N–H and O–H groups in total. The van der Waals surface area contributed by atoms with Gasteiger partial charge in [-0.05, 0) is 79.2 Å². The molecule has 11 heteroatoms. The van der Waals surface area contributed by atoms with Gasteiger partial charge in [0.05, 0.1) is 34.7 Å². The second-order valence-electron chi connectivity index (χ2n) is 9.39. The SMILES string of the molecule is CCCOc1ccc(-c2nn(-c3ccccc3)cc2C=NNC(=O)c2ccccc2NS(=O)(=O)c2ccc(Cl)cc2)cc1. The van der Waals surface area contributed by atoms with Gasteiger partial charge in [-0.25, -0.2) is 18.5 Å². The highest BCUT2D eigenvalue weighted by Gasteiger charge is 2.19. The summed E-state index contributed by atoms with van der Waals surface area (Å²) < 4.78 is 35.8. The first-order chi connectivity index (χ1) is 20.8. The number of nitrogens with one attached hydrogen (secondary N) is 2. The van der Waals surface area contributed by atoms with Crippen LogP contribution in [0.4, 0.5) is 5.69 Å². The summed E-state index contributed by atoms with van der Waals surface area (Å²) in [6.07, 6.45) is 4.23. The van der Waals surface area contributed by atoms with E-state index in [2.05, 4.69) is 15.2 Å².